The number of amides is 2. The van der Waals surface area contributed by atoms with E-state index in [1.165, 1.54) is 10.7 Å². The molecule has 2 N–H and O–H groups in total. The van der Waals surface area contributed by atoms with Gasteiger partial charge in [0.1, 0.15) is 5.82 Å². The number of hydrogen-bond donors (Lipinski definition) is 2. The topological polar surface area (TPSA) is 98.0 Å². The van der Waals surface area contributed by atoms with E-state index in [1.807, 2.05) is 6.92 Å². The van der Waals surface area contributed by atoms with Crippen LogP contribution in [0.3, 0.4) is 0 Å². The number of nitrogens with zero attached hydrogens (tertiary/aromatic N) is 3. The van der Waals surface area contributed by atoms with Crippen LogP contribution in [0.25, 0.3) is 16.5 Å². The van der Waals surface area contributed by atoms with Crippen LogP contribution in [0.4, 0.5) is 4.39 Å². The lowest BCUT2D eigenvalue weighted by atomic mass is 10.1. The molecule has 2 aromatic carbocycles. The summed E-state index contributed by atoms with van der Waals surface area (Å²) in [5.74, 6) is -1.63. The lowest BCUT2D eigenvalue weighted by Crippen LogP contribution is -2.43. The highest BCUT2D eigenvalue weighted by atomic mass is 19.1. The second kappa shape index (κ2) is 9.30. The van der Waals surface area contributed by atoms with Crippen molar-refractivity contribution in [3.63, 3.8) is 0 Å². The molecule has 0 unspecified atom stereocenters. The average molecular weight is 461 g/mol. The number of rotatable bonds is 5. The third kappa shape index (κ3) is 4.07. The molecule has 4 aromatic rings. The molecule has 0 atom stereocenters. The quantitative estimate of drug-likeness (QED) is 0.445. The van der Waals surface area contributed by atoms with Gasteiger partial charge in [-0.2, -0.15) is 5.10 Å². The number of nitrogens with one attached hydrogen (secondary N) is 2. The van der Waals surface area contributed by atoms with Crippen LogP contribution in [0.1, 0.15) is 45.6 Å². The Kier molecular flexibility index (Phi) is 6.27. The van der Waals surface area contributed by atoms with E-state index in [2.05, 4.69) is 16.0 Å². The largest absolute Gasteiger partial charge is 0.315 e. The van der Waals surface area contributed by atoms with Gasteiger partial charge in [0, 0.05) is 23.3 Å². The Morgan fingerprint density at radius 2 is 1.62 bits per heavy atom. The van der Waals surface area contributed by atoms with Crippen molar-refractivity contribution in [2.45, 2.75) is 33.7 Å². The molecule has 2 aromatic heterocycles. The van der Waals surface area contributed by atoms with E-state index in [-0.39, 0.29) is 16.8 Å². The molecule has 174 valence electrons. The summed E-state index contributed by atoms with van der Waals surface area (Å²) < 4.78 is 17.2. The van der Waals surface area contributed by atoms with Crippen LogP contribution in [-0.2, 0) is 6.54 Å². The van der Waals surface area contributed by atoms with E-state index in [1.54, 1.807) is 66.9 Å². The molecule has 9 heteroatoms. The molecular formula is C25H24FN5O3. The maximum atomic E-state index is 14.3. The normalized spacial score (nSPS) is 10.9. The van der Waals surface area contributed by atoms with Crippen LogP contribution < -0.4 is 16.4 Å². The maximum Gasteiger partial charge on any atom is 0.290 e. The number of carbonyl (C=O) groups excluding carboxylic acids is 2. The molecule has 0 aliphatic rings. The first-order valence-electron chi connectivity index (χ1n) is 10.9. The van der Waals surface area contributed by atoms with Gasteiger partial charge >= 0.3 is 0 Å². The van der Waals surface area contributed by atoms with Gasteiger partial charge < -0.3 is 4.57 Å². The summed E-state index contributed by atoms with van der Waals surface area (Å²) in [6.45, 7) is 5.73. The van der Waals surface area contributed by atoms with Gasteiger partial charge in [-0.25, -0.2) is 9.07 Å². The first kappa shape index (κ1) is 22.9. The number of para-hydroxylation sites is 1. The summed E-state index contributed by atoms with van der Waals surface area (Å²) >= 11 is 0. The number of aryl methyl sites for hydroxylation is 2. The molecule has 0 aliphatic carbocycles. The van der Waals surface area contributed by atoms with Crippen LogP contribution in [-0.4, -0.2) is 26.2 Å². The number of benzene rings is 2. The zero-order valence-corrected chi connectivity index (χ0v) is 19.1. The molecule has 0 saturated heterocycles. The zero-order chi connectivity index (χ0) is 24.4. The first-order chi connectivity index (χ1) is 16.3. The fourth-order valence-electron chi connectivity index (χ4n) is 4.00. The van der Waals surface area contributed by atoms with E-state index >= 15 is 0 Å². The maximum absolute atomic E-state index is 14.3. The fraction of sp³-hybridized carbons (Fsp3) is 0.200. The van der Waals surface area contributed by atoms with Crippen LogP contribution >= 0.6 is 0 Å². The predicted octanol–water partition coefficient (Wildman–Crippen LogP) is 3.43. The highest BCUT2D eigenvalue weighted by Crippen LogP contribution is 2.22. The lowest BCUT2D eigenvalue weighted by Gasteiger charge is -2.12. The number of aromatic nitrogens is 3. The number of fused-ring (bicyclic) bond motifs is 1. The van der Waals surface area contributed by atoms with Crippen molar-refractivity contribution in [2.24, 2.45) is 0 Å². The Morgan fingerprint density at radius 1 is 0.971 bits per heavy atom. The number of halogens is 1. The molecule has 0 fully saturated rings. The Labute approximate surface area is 195 Å². The highest BCUT2D eigenvalue weighted by Gasteiger charge is 2.21. The van der Waals surface area contributed by atoms with Crippen molar-refractivity contribution in [3.05, 3.63) is 93.4 Å². The van der Waals surface area contributed by atoms with Crippen LogP contribution in [0.5, 0.6) is 0 Å². The first-order valence-corrected chi connectivity index (χ1v) is 10.9. The van der Waals surface area contributed by atoms with Gasteiger partial charge in [0.2, 0.25) is 0 Å². The molecule has 34 heavy (non-hydrogen) atoms. The molecule has 0 aliphatic heterocycles. The number of carbonyl (C=O) groups is 2. The molecule has 0 radical (unpaired) electrons. The second-order valence-corrected chi connectivity index (χ2v) is 7.90. The van der Waals surface area contributed by atoms with Crippen molar-refractivity contribution in [3.8, 4) is 5.69 Å². The summed E-state index contributed by atoms with van der Waals surface area (Å²) in [6.07, 6.45) is 0.667. The van der Waals surface area contributed by atoms with E-state index in [0.29, 0.717) is 40.8 Å². The fourth-order valence-corrected chi connectivity index (χ4v) is 4.00. The Hall–Kier alpha value is -4.27. The van der Waals surface area contributed by atoms with Gasteiger partial charge in [-0.3, -0.25) is 25.2 Å². The zero-order valence-electron chi connectivity index (χ0n) is 19.1. The van der Waals surface area contributed by atoms with Crippen molar-refractivity contribution in [2.75, 3.05) is 0 Å². The molecule has 4 rings (SSSR count). The van der Waals surface area contributed by atoms with Crippen LogP contribution in [0, 0.1) is 19.7 Å². The number of hydrazine groups is 1. The third-order valence-corrected chi connectivity index (χ3v) is 5.58. The SMILES string of the molecule is CCCn1nc(C(=O)NNC(=O)c2cc(C)n(-c3ccccc3F)c2C)c2ccccc2c1=O. The van der Waals surface area contributed by atoms with E-state index in [4.69, 9.17) is 0 Å². The Bertz CT molecular complexity index is 1470. The minimum Gasteiger partial charge on any atom is -0.315 e. The molecule has 0 spiro atoms. The summed E-state index contributed by atoms with van der Waals surface area (Å²) in [5, 5.41) is 4.99. The minimum absolute atomic E-state index is 0.0285. The second-order valence-electron chi connectivity index (χ2n) is 7.90. The smallest absolute Gasteiger partial charge is 0.290 e. The summed E-state index contributed by atoms with van der Waals surface area (Å²) in [4.78, 5) is 38.4. The lowest BCUT2D eigenvalue weighted by molar-refractivity contribution is 0.0843. The highest BCUT2D eigenvalue weighted by molar-refractivity contribution is 6.06. The van der Waals surface area contributed by atoms with Gasteiger partial charge in [0.15, 0.2) is 5.69 Å². The van der Waals surface area contributed by atoms with Crippen molar-refractivity contribution in [1.82, 2.24) is 25.2 Å². The summed E-state index contributed by atoms with van der Waals surface area (Å²) in [6, 6.07) is 14.6. The average Bonchev–Trinajstić information content (AvgIpc) is 3.13. The summed E-state index contributed by atoms with van der Waals surface area (Å²) in [5.41, 5.74) is 6.34. The minimum atomic E-state index is -0.655. The Morgan fingerprint density at radius 3 is 2.32 bits per heavy atom. The van der Waals surface area contributed by atoms with Gasteiger partial charge in [0.25, 0.3) is 17.4 Å². The molecule has 0 saturated carbocycles. The van der Waals surface area contributed by atoms with Gasteiger partial charge in [-0.15, -0.1) is 0 Å². The van der Waals surface area contributed by atoms with Gasteiger partial charge in [-0.05, 0) is 44.5 Å². The van der Waals surface area contributed by atoms with E-state index < -0.39 is 17.6 Å². The van der Waals surface area contributed by atoms with Crippen molar-refractivity contribution < 1.29 is 14.0 Å². The predicted molar refractivity (Wildman–Crippen MR) is 126 cm³/mol. The van der Waals surface area contributed by atoms with Crippen molar-refractivity contribution in [1.29, 1.82) is 0 Å². The molecular weight excluding hydrogens is 437 g/mol. The van der Waals surface area contributed by atoms with Crippen molar-refractivity contribution >= 4 is 22.6 Å². The molecule has 2 amide bonds. The summed E-state index contributed by atoms with van der Waals surface area (Å²) in [7, 11) is 0. The molecule has 0 bridgehead atoms. The van der Waals surface area contributed by atoms with E-state index in [9.17, 15) is 18.8 Å². The van der Waals surface area contributed by atoms with Gasteiger partial charge in [0.05, 0.1) is 16.6 Å². The number of hydrogen-bond acceptors (Lipinski definition) is 4. The van der Waals surface area contributed by atoms with Crippen LogP contribution in [0.15, 0.2) is 59.4 Å². The van der Waals surface area contributed by atoms with Crippen LogP contribution in [0.2, 0.25) is 0 Å². The van der Waals surface area contributed by atoms with Gasteiger partial charge in [-0.1, -0.05) is 37.3 Å². The third-order valence-electron chi connectivity index (χ3n) is 5.58. The molecule has 8 nitrogen and oxygen atoms in total. The monoisotopic (exact) mass is 461 g/mol. The Balaban J connectivity index is 1.60. The van der Waals surface area contributed by atoms with E-state index in [0.717, 1.165) is 0 Å². The molecule has 2 heterocycles. The standard InChI is InChI=1S/C25H24FN5O3/c1-4-13-30-25(34)18-10-6-5-9-17(18)22(29-30)24(33)28-27-23(32)19-14-15(2)31(16(19)3)21-12-8-7-11-20(21)26/h5-12,14H,4,13H2,1-3H3,(H,27,32)(H,28,33).